The van der Waals surface area contributed by atoms with Gasteiger partial charge in [-0.25, -0.2) is 4.99 Å². The number of hydrogen-bond donors (Lipinski definition) is 0. The monoisotopic (exact) mass is 302 g/mol. The lowest BCUT2D eigenvalue weighted by Crippen LogP contribution is -2.12. The molecule has 90 valence electrons. The Bertz CT molecular complexity index is 557. The van der Waals surface area contributed by atoms with Crippen LogP contribution in [0.1, 0.15) is 17.3 Å². The van der Waals surface area contributed by atoms with E-state index in [-0.39, 0.29) is 6.17 Å². The van der Waals surface area contributed by atoms with Gasteiger partial charge in [0.1, 0.15) is 0 Å². The molecule has 0 spiro atoms. The molecule has 0 saturated carbocycles. The van der Waals surface area contributed by atoms with Crippen LogP contribution in [-0.2, 0) is 4.84 Å². The Morgan fingerprint density at radius 2 is 1.56 bits per heavy atom. The summed E-state index contributed by atoms with van der Waals surface area (Å²) in [6.45, 7) is 0. The van der Waals surface area contributed by atoms with Crippen molar-refractivity contribution in [3.05, 3.63) is 71.8 Å². The van der Waals surface area contributed by atoms with Gasteiger partial charge in [-0.3, -0.25) is 0 Å². The van der Waals surface area contributed by atoms with E-state index in [1.54, 1.807) is 4.09 Å². The van der Waals surface area contributed by atoms with Crippen molar-refractivity contribution in [3.63, 3.8) is 0 Å². The molecule has 1 aliphatic rings. The van der Waals surface area contributed by atoms with Gasteiger partial charge in [0.15, 0.2) is 6.17 Å². The summed E-state index contributed by atoms with van der Waals surface area (Å²) in [4.78, 5) is 10.2. The number of hydrogen-bond acceptors (Lipinski definition) is 3. The van der Waals surface area contributed by atoms with Gasteiger partial charge in [-0.2, -0.15) is 0 Å². The summed E-state index contributed by atoms with van der Waals surface area (Å²) in [5.41, 5.74) is 2.06. The first-order chi connectivity index (χ1) is 8.84. The Kier molecular flexibility index (Phi) is 3.13. The Morgan fingerprint density at radius 3 is 2.22 bits per heavy atom. The summed E-state index contributed by atoms with van der Waals surface area (Å²) >= 11 is 3.38. The van der Waals surface area contributed by atoms with Crippen molar-refractivity contribution in [2.45, 2.75) is 6.17 Å². The highest BCUT2D eigenvalue weighted by molar-refractivity contribution is 9.07. The lowest BCUT2D eigenvalue weighted by molar-refractivity contribution is 0.0367. The van der Waals surface area contributed by atoms with E-state index in [4.69, 9.17) is 4.84 Å². The Hall–Kier alpha value is -1.65. The first kappa shape index (κ1) is 11.4. The van der Waals surface area contributed by atoms with Crippen LogP contribution < -0.4 is 0 Å². The molecule has 1 aliphatic heterocycles. The predicted octanol–water partition coefficient (Wildman–Crippen LogP) is 3.69. The molecule has 4 heteroatoms. The molecule has 3 nitrogen and oxygen atoms in total. The molecule has 3 rings (SSSR count). The Labute approximate surface area is 114 Å². The number of halogens is 1. The van der Waals surface area contributed by atoms with Crippen molar-refractivity contribution in [2.75, 3.05) is 0 Å². The van der Waals surface area contributed by atoms with Gasteiger partial charge in [0.2, 0.25) is 5.90 Å². The highest BCUT2D eigenvalue weighted by Crippen LogP contribution is 2.32. The quantitative estimate of drug-likeness (QED) is 0.790. The third kappa shape index (κ3) is 2.17. The number of aliphatic imine (C=N–C) groups is 1. The van der Waals surface area contributed by atoms with Gasteiger partial charge in [-0.15, -0.1) is 0 Å². The first-order valence-corrected chi connectivity index (χ1v) is 6.37. The van der Waals surface area contributed by atoms with Crippen LogP contribution in [0.3, 0.4) is 0 Å². The molecule has 0 aromatic heterocycles. The predicted molar refractivity (Wildman–Crippen MR) is 74.0 cm³/mol. The largest absolute Gasteiger partial charge is 0.372 e. The van der Waals surface area contributed by atoms with Crippen LogP contribution in [0.2, 0.25) is 0 Å². The summed E-state index contributed by atoms with van der Waals surface area (Å²) in [7, 11) is 0. The smallest absolute Gasteiger partial charge is 0.244 e. The molecule has 0 amide bonds. The molecule has 2 aromatic carbocycles. The average Bonchev–Trinajstić information content (AvgIpc) is 2.83. The van der Waals surface area contributed by atoms with Crippen LogP contribution in [0.25, 0.3) is 0 Å². The van der Waals surface area contributed by atoms with Crippen molar-refractivity contribution in [2.24, 2.45) is 4.99 Å². The third-order valence-electron chi connectivity index (χ3n) is 2.72. The number of benzene rings is 2. The van der Waals surface area contributed by atoms with Crippen LogP contribution in [0.15, 0.2) is 65.7 Å². The summed E-state index contributed by atoms with van der Waals surface area (Å²) < 4.78 is 1.59. The van der Waals surface area contributed by atoms with Crippen LogP contribution in [0.5, 0.6) is 0 Å². The summed E-state index contributed by atoms with van der Waals surface area (Å²) in [5.74, 6) is 0.626. The van der Waals surface area contributed by atoms with Gasteiger partial charge in [0.25, 0.3) is 0 Å². The van der Waals surface area contributed by atoms with Gasteiger partial charge in [0, 0.05) is 5.56 Å². The third-order valence-corrected chi connectivity index (χ3v) is 3.26. The van der Waals surface area contributed by atoms with E-state index >= 15 is 0 Å². The van der Waals surface area contributed by atoms with E-state index in [0.29, 0.717) is 5.90 Å². The molecular formula is C14H11BrN2O. The maximum Gasteiger partial charge on any atom is 0.244 e. The van der Waals surface area contributed by atoms with Crippen LogP contribution >= 0.6 is 16.1 Å². The number of rotatable bonds is 2. The molecule has 0 bridgehead atoms. The standard InChI is InChI=1S/C14H11BrN2O/c15-17-13(11-7-3-1-4-8-11)16-14(18-17)12-9-5-2-6-10-12/h1-10,13H. The van der Waals surface area contributed by atoms with Gasteiger partial charge in [0.05, 0.1) is 16.1 Å². The highest BCUT2D eigenvalue weighted by atomic mass is 79.9. The molecule has 2 aromatic rings. The lowest BCUT2D eigenvalue weighted by Gasteiger charge is -2.13. The van der Waals surface area contributed by atoms with E-state index in [1.807, 2.05) is 60.7 Å². The van der Waals surface area contributed by atoms with Crippen LogP contribution in [0.4, 0.5) is 0 Å². The summed E-state index contributed by atoms with van der Waals surface area (Å²) in [6.07, 6.45) is -0.151. The highest BCUT2D eigenvalue weighted by Gasteiger charge is 2.28. The first-order valence-electron chi connectivity index (χ1n) is 5.66. The number of nitrogens with zero attached hydrogens (tertiary/aromatic N) is 2. The van der Waals surface area contributed by atoms with Crippen LogP contribution in [-0.4, -0.2) is 9.99 Å². The van der Waals surface area contributed by atoms with Crippen molar-refractivity contribution >= 4 is 22.0 Å². The molecule has 1 atom stereocenters. The zero-order chi connectivity index (χ0) is 12.4. The fourth-order valence-electron chi connectivity index (χ4n) is 1.84. The molecule has 0 radical (unpaired) electrons. The van der Waals surface area contributed by atoms with E-state index in [9.17, 15) is 0 Å². The minimum atomic E-state index is -0.151. The minimum Gasteiger partial charge on any atom is -0.372 e. The van der Waals surface area contributed by atoms with Crippen molar-refractivity contribution in [1.82, 2.24) is 4.09 Å². The van der Waals surface area contributed by atoms with Gasteiger partial charge in [-0.05, 0) is 21.8 Å². The normalized spacial score (nSPS) is 19.4. The molecule has 1 unspecified atom stereocenters. The van der Waals surface area contributed by atoms with Gasteiger partial charge < -0.3 is 4.84 Å². The lowest BCUT2D eigenvalue weighted by atomic mass is 10.2. The van der Waals surface area contributed by atoms with E-state index < -0.39 is 0 Å². The molecular weight excluding hydrogens is 292 g/mol. The summed E-state index contributed by atoms with van der Waals surface area (Å²) in [5, 5.41) is 0. The average molecular weight is 303 g/mol. The molecule has 0 N–H and O–H groups in total. The minimum absolute atomic E-state index is 0.151. The van der Waals surface area contributed by atoms with Gasteiger partial charge >= 0.3 is 0 Å². The Balaban J connectivity index is 1.92. The molecule has 1 heterocycles. The van der Waals surface area contributed by atoms with E-state index in [0.717, 1.165) is 11.1 Å². The zero-order valence-electron chi connectivity index (χ0n) is 9.53. The maximum atomic E-state index is 5.61. The second-order valence-electron chi connectivity index (χ2n) is 3.95. The number of hydroxylamine groups is 1. The van der Waals surface area contributed by atoms with E-state index in [1.165, 1.54) is 0 Å². The fourth-order valence-corrected chi connectivity index (χ4v) is 2.30. The molecule has 0 fully saturated rings. The second kappa shape index (κ2) is 4.92. The molecule has 18 heavy (non-hydrogen) atoms. The van der Waals surface area contributed by atoms with Gasteiger partial charge in [-0.1, -0.05) is 48.5 Å². The van der Waals surface area contributed by atoms with Crippen molar-refractivity contribution < 1.29 is 4.84 Å². The molecule has 0 saturated heterocycles. The second-order valence-corrected chi connectivity index (χ2v) is 4.65. The molecule has 0 aliphatic carbocycles. The van der Waals surface area contributed by atoms with E-state index in [2.05, 4.69) is 21.1 Å². The fraction of sp³-hybridized carbons (Fsp3) is 0.0714. The maximum absolute atomic E-state index is 5.61. The zero-order valence-corrected chi connectivity index (χ0v) is 11.1. The van der Waals surface area contributed by atoms with Crippen molar-refractivity contribution in [1.29, 1.82) is 0 Å². The Morgan fingerprint density at radius 1 is 0.944 bits per heavy atom. The van der Waals surface area contributed by atoms with Crippen LogP contribution in [0, 0.1) is 0 Å². The van der Waals surface area contributed by atoms with Crippen molar-refractivity contribution in [3.8, 4) is 0 Å². The SMILES string of the molecule is BrN1OC(c2ccccc2)=NC1c1ccccc1. The summed E-state index contributed by atoms with van der Waals surface area (Å²) in [6, 6.07) is 19.9. The topological polar surface area (TPSA) is 24.8 Å².